The van der Waals surface area contributed by atoms with Gasteiger partial charge in [0, 0.05) is 19.2 Å². The van der Waals surface area contributed by atoms with Crippen molar-refractivity contribution in [3.8, 4) is 0 Å². The van der Waals surface area contributed by atoms with Gasteiger partial charge in [0.1, 0.15) is 0 Å². The first-order valence-electron chi connectivity index (χ1n) is 8.15. The first kappa shape index (κ1) is 19.0. The largest absolute Gasteiger partial charge is 0.317 e. The summed E-state index contributed by atoms with van der Waals surface area (Å²) in [4.78, 5) is 14.2. The van der Waals surface area contributed by atoms with Crippen molar-refractivity contribution in [3.63, 3.8) is 0 Å². The number of nitrogens with zero attached hydrogens (tertiary/aromatic N) is 1. The number of carbonyl (C=O) groups excluding carboxylic acids is 1. The summed E-state index contributed by atoms with van der Waals surface area (Å²) in [7, 11) is 1.89. The van der Waals surface area contributed by atoms with E-state index in [9.17, 15) is 4.79 Å². The number of halogens is 1. The third-order valence-corrected chi connectivity index (χ3v) is 4.52. The molecule has 4 heteroatoms. The van der Waals surface area contributed by atoms with E-state index in [2.05, 4.69) is 31.3 Å². The second-order valence-corrected chi connectivity index (χ2v) is 6.43. The molecule has 2 rings (SSSR count). The minimum absolute atomic E-state index is 0. The predicted octanol–water partition coefficient (Wildman–Crippen LogP) is 3.97. The van der Waals surface area contributed by atoms with Crippen molar-refractivity contribution in [3.05, 3.63) is 29.8 Å². The zero-order chi connectivity index (χ0) is 15.2. The Morgan fingerprint density at radius 3 is 2.64 bits per heavy atom. The van der Waals surface area contributed by atoms with Crippen LogP contribution in [-0.4, -0.2) is 26.0 Å². The lowest BCUT2D eigenvalue weighted by atomic mass is 9.93. The summed E-state index contributed by atoms with van der Waals surface area (Å²) >= 11 is 0. The fourth-order valence-electron chi connectivity index (χ4n) is 2.90. The Labute approximate surface area is 140 Å². The van der Waals surface area contributed by atoms with Gasteiger partial charge in [-0.25, -0.2) is 0 Å². The van der Waals surface area contributed by atoms with E-state index in [1.807, 2.05) is 24.1 Å². The Hall–Kier alpha value is -1.06. The molecule has 0 aliphatic carbocycles. The van der Waals surface area contributed by atoms with Gasteiger partial charge in [0.15, 0.2) is 0 Å². The lowest BCUT2D eigenvalue weighted by Gasteiger charge is -2.24. The van der Waals surface area contributed by atoms with Crippen LogP contribution >= 0.6 is 12.4 Å². The van der Waals surface area contributed by atoms with Gasteiger partial charge in [-0.05, 0) is 61.9 Å². The number of carbonyl (C=O) groups is 1. The van der Waals surface area contributed by atoms with Crippen LogP contribution in [0.1, 0.15) is 51.0 Å². The Morgan fingerprint density at radius 1 is 1.32 bits per heavy atom. The van der Waals surface area contributed by atoms with Gasteiger partial charge in [-0.15, -0.1) is 12.4 Å². The molecule has 1 saturated heterocycles. The highest BCUT2D eigenvalue weighted by Crippen LogP contribution is 2.23. The van der Waals surface area contributed by atoms with Crippen LogP contribution in [0.25, 0.3) is 0 Å². The second-order valence-electron chi connectivity index (χ2n) is 6.43. The van der Waals surface area contributed by atoms with E-state index in [1.165, 1.54) is 18.4 Å². The summed E-state index contributed by atoms with van der Waals surface area (Å²) in [5.41, 5.74) is 2.29. The molecule has 1 aliphatic heterocycles. The molecule has 0 saturated carbocycles. The maximum Gasteiger partial charge on any atom is 0.226 e. The maximum atomic E-state index is 12.4. The van der Waals surface area contributed by atoms with Gasteiger partial charge in [0.25, 0.3) is 0 Å². The zero-order valence-electron chi connectivity index (χ0n) is 14.0. The molecule has 0 bridgehead atoms. The Kier molecular flexibility index (Phi) is 7.91. The van der Waals surface area contributed by atoms with E-state index in [4.69, 9.17) is 0 Å². The van der Waals surface area contributed by atoms with Gasteiger partial charge < -0.3 is 10.2 Å². The molecule has 1 aromatic rings. The molecule has 1 amide bonds. The highest BCUT2D eigenvalue weighted by molar-refractivity contribution is 5.92. The monoisotopic (exact) mass is 324 g/mol. The average molecular weight is 325 g/mol. The number of benzene rings is 1. The molecule has 3 nitrogen and oxygen atoms in total. The summed E-state index contributed by atoms with van der Waals surface area (Å²) in [6.07, 6.45) is 4.10. The second kappa shape index (κ2) is 9.16. The summed E-state index contributed by atoms with van der Waals surface area (Å²) < 4.78 is 0. The van der Waals surface area contributed by atoms with Crippen molar-refractivity contribution in [1.29, 1.82) is 0 Å². The number of hydrogen-bond donors (Lipinski definition) is 1. The molecular weight excluding hydrogens is 296 g/mol. The molecule has 0 spiro atoms. The Morgan fingerprint density at radius 2 is 2.00 bits per heavy atom. The number of hydrogen-bond acceptors (Lipinski definition) is 2. The van der Waals surface area contributed by atoms with Crippen LogP contribution in [-0.2, 0) is 4.79 Å². The van der Waals surface area contributed by atoms with E-state index in [-0.39, 0.29) is 18.3 Å². The summed E-state index contributed by atoms with van der Waals surface area (Å²) in [6.45, 7) is 6.56. The van der Waals surface area contributed by atoms with Gasteiger partial charge in [0.05, 0.1) is 0 Å². The van der Waals surface area contributed by atoms with E-state index in [1.54, 1.807) is 0 Å². The maximum absolute atomic E-state index is 12.4. The van der Waals surface area contributed by atoms with Gasteiger partial charge in [-0.3, -0.25) is 4.79 Å². The van der Waals surface area contributed by atoms with Gasteiger partial charge in [-0.2, -0.15) is 0 Å². The van der Waals surface area contributed by atoms with Crippen LogP contribution in [0.4, 0.5) is 5.69 Å². The third kappa shape index (κ3) is 5.29. The molecule has 1 heterocycles. The summed E-state index contributed by atoms with van der Waals surface area (Å²) in [5, 5.41) is 3.37. The molecule has 1 aliphatic rings. The molecule has 1 fully saturated rings. The van der Waals surface area contributed by atoms with Crippen LogP contribution in [0.5, 0.6) is 0 Å². The quantitative estimate of drug-likeness (QED) is 0.888. The normalized spacial score (nSPS) is 15.5. The smallest absolute Gasteiger partial charge is 0.226 e. The number of amides is 1. The number of rotatable bonds is 5. The summed E-state index contributed by atoms with van der Waals surface area (Å²) in [6, 6.07) is 8.32. The number of nitrogens with one attached hydrogen (secondary N) is 1. The molecule has 0 radical (unpaired) electrons. The zero-order valence-corrected chi connectivity index (χ0v) is 14.8. The fourth-order valence-corrected chi connectivity index (χ4v) is 2.90. The molecule has 124 valence electrons. The Balaban J connectivity index is 0.00000242. The fraction of sp³-hybridized carbons (Fsp3) is 0.611. The first-order valence-corrected chi connectivity index (χ1v) is 8.15. The molecule has 22 heavy (non-hydrogen) atoms. The van der Waals surface area contributed by atoms with Crippen LogP contribution in [0.3, 0.4) is 0 Å². The highest BCUT2D eigenvalue weighted by Gasteiger charge is 2.17. The van der Waals surface area contributed by atoms with Crippen molar-refractivity contribution in [2.24, 2.45) is 5.92 Å². The van der Waals surface area contributed by atoms with Gasteiger partial charge in [0.2, 0.25) is 5.91 Å². The van der Waals surface area contributed by atoms with Crippen molar-refractivity contribution < 1.29 is 4.79 Å². The van der Waals surface area contributed by atoms with E-state index >= 15 is 0 Å². The minimum atomic E-state index is 0. The van der Waals surface area contributed by atoms with Gasteiger partial charge in [-0.1, -0.05) is 26.0 Å². The average Bonchev–Trinajstić information content (AvgIpc) is 2.53. The lowest BCUT2D eigenvalue weighted by molar-refractivity contribution is -0.118. The van der Waals surface area contributed by atoms with Crippen molar-refractivity contribution in [1.82, 2.24) is 5.32 Å². The molecule has 0 atom stereocenters. The van der Waals surface area contributed by atoms with Crippen molar-refractivity contribution in [2.45, 2.75) is 45.4 Å². The van der Waals surface area contributed by atoms with Crippen LogP contribution in [0.2, 0.25) is 0 Å². The highest BCUT2D eigenvalue weighted by atomic mass is 35.5. The SMILES string of the molecule is CC(C)c1cccc(N(C)C(=O)CCC2CCNCC2)c1.Cl. The molecular formula is C18H29ClN2O. The van der Waals surface area contributed by atoms with Crippen LogP contribution < -0.4 is 10.2 Å². The standard InChI is InChI=1S/C18H28N2O.ClH/c1-14(2)16-5-4-6-17(13-16)20(3)18(21)8-7-15-9-11-19-12-10-15;/h4-6,13-15,19H,7-12H2,1-3H3;1H. The first-order chi connectivity index (χ1) is 10.1. The molecule has 1 aromatic carbocycles. The van der Waals surface area contributed by atoms with Crippen molar-refractivity contribution in [2.75, 3.05) is 25.0 Å². The van der Waals surface area contributed by atoms with E-state index in [0.29, 0.717) is 18.3 Å². The third-order valence-electron chi connectivity index (χ3n) is 4.52. The van der Waals surface area contributed by atoms with E-state index in [0.717, 1.165) is 25.2 Å². The molecule has 0 aromatic heterocycles. The van der Waals surface area contributed by atoms with Gasteiger partial charge >= 0.3 is 0 Å². The van der Waals surface area contributed by atoms with Crippen molar-refractivity contribution >= 4 is 24.0 Å². The summed E-state index contributed by atoms with van der Waals surface area (Å²) in [5.74, 6) is 1.43. The minimum Gasteiger partial charge on any atom is -0.317 e. The topological polar surface area (TPSA) is 32.3 Å². The number of piperidine rings is 1. The molecule has 1 N–H and O–H groups in total. The predicted molar refractivity (Wildman–Crippen MR) is 96.0 cm³/mol. The molecule has 0 unspecified atom stereocenters. The van der Waals surface area contributed by atoms with E-state index < -0.39 is 0 Å². The van der Waals surface area contributed by atoms with Crippen LogP contribution in [0.15, 0.2) is 24.3 Å². The van der Waals surface area contributed by atoms with Crippen LogP contribution in [0, 0.1) is 5.92 Å². The number of anilines is 1. The lowest BCUT2D eigenvalue weighted by Crippen LogP contribution is -2.30. The Bertz CT molecular complexity index is 470.